The second-order valence-corrected chi connectivity index (χ2v) is 4.55. The Bertz CT molecular complexity index is 647. The molecule has 0 bridgehead atoms. The molecule has 3 N–H and O–H groups in total. The van der Waals surface area contributed by atoms with E-state index in [-0.39, 0.29) is 17.8 Å². The molecule has 0 radical (unpaired) electrons. The first-order valence-electron chi connectivity index (χ1n) is 6.54. The minimum Gasteiger partial charge on any atom is -0.336 e. The first-order chi connectivity index (χ1) is 9.61. The van der Waals surface area contributed by atoms with E-state index >= 15 is 0 Å². The molecule has 0 aliphatic rings. The summed E-state index contributed by atoms with van der Waals surface area (Å²) < 4.78 is 1.47. The second kappa shape index (κ2) is 6.18. The van der Waals surface area contributed by atoms with Crippen LogP contribution in [0.3, 0.4) is 0 Å². The summed E-state index contributed by atoms with van der Waals surface area (Å²) in [7, 11) is 0. The number of hydrogen-bond donors (Lipinski definition) is 3. The largest absolute Gasteiger partial charge is 0.336 e. The number of nitrogens with zero attached hydrogens (tertiary/aromatic N) is 3. The van der Waals surface area contributed by atoms with Crippen LogP contribution < -0.4 is 16.3 Å². The van der Waals surface area contributed by atoms with E-state index < -0.39 is 0 Å². The van der Waals surface area contributed by atoms with Gasteiger partial charge in [-0.2, -0.15) is 0 Å². The summed E-state index contributed by atoms with van der Waals surface area (Å²) in [6, 6.07) is -0.111. The molecule has 2 heterocycles. The van der Waals surface area contributed by atoms with Gasteiger partial charge in [0.15, 0.2) is 5.65 Å². The Morgan fingerprint density at radius 1 is 1.55 bits per heavy atom. The number of carbonyl (C=O) groups excluding carboxylic acids is 1. The van der Waals surface area contributed by atoms with Crippen LogP contribution in [-0.2, 0) is 6.54 Å². The van der Waals surface area contributed by atoms with Crippen LogP contribution in [0.1, 0.15) is 20.3 Å². The predicted octanol–water partition coefficient (Wildman–Crippen LogP) is 0.217. The number of urea groups is 1. The van der Waals surface area contributed by atoms with Gasteiger partial charge in [-0.1, -0.05) is 6.92 Å². The summed E-state index contributed by atoms with van der Waals surface area (Å²) in [4.78, 5) is 33.9. The summed E-state index contributed by atoms with van der Waals surface area (Å²) in [5, 5.41) is 5.50. The third kappa shape index (κ3) is 3.14. The summed E-state index contributed by atoms with van der Waals surface area (Å²) in [6.45, 7) is 4.62. The van der Waals surface area contributed by atoms with E-state index in [9.17, 15) is 9.59 Å². The molecule has 1 unspecified atom stereocenters. The van der Waals surface area contributed by atoms with E-state index in [2.05, 4.69) is 25.6 Å². The number of hydrogen-bond acceptors (Lipinski definition) is 4. The van der Waals surface area contributed by atoms with E-state index in [1.165, 1.54) is 10.9 Å². The van der Waals surface area contributed by atoms with Gasteiger partial charge in [0.05, 0.1) is 6.20 Å². The van der Waals surface area contributed by atoms with Gasteiger partial charge in [-0.25, -0.2) is 19.6 Å². The Morgan fingerprint density at radius 3 is 3.10 bits per heavy atom. The molecule has 0 aromatic carbocycles. The Balaban J connectivity index is 1.95. The van der Waals surface area contributed by atoms with Gasteiger partial charge >= 0.3 is 11.7 Å². The minimum atomic E-state index is -0.260. The van der Waals surface area contributed by atoms with Crippen LogP contribution in [0.25, 0.3) is 11.2 Å². The molecular weight excluding hydrogens is 260 g/mol. The lowest BCUT2D eigenvalue weighted by molar-refractivity contribution is 0.237. The zero-order valence-corrected chi connectivity index (χ0v) is 11.5. The average Bonchev–Trinajstić information content (AvgIpc) is 2.75. The van der Waals surface area contributed by atoms with Crippen LogP contribution in [-0.4, -0.2) is 38.1 Å². The zero-order chi connectivity index (χ0) is 14.5. The number of H-pyrrole nitrogens is 1. The van der Waals surface area contributed by atoms with Crippen LogP contribution in [0, 0.1) is 0 Å². The summed E-state index contributed by atoms with van der Waals surface area (Å²) >= 11 is 0. The molecule has 108 valence electrons. The molecule has 2 amide bonds. The van der Waals surface area contributed by atoms with Crippen molar-refractivity contribution in [1.29, 1.82) is 0 Å². The smallest absolute Gasteiger partial charge is 0.327 e. The molecule has 20 heavy (non-hydrogen) atoms. The molecule has 8 nitrogen and oxygen atoms in total. The van der Waals surface area contributed by atoms with E-state index in [1.807, 2.05) is 13.8 Å². The molecule has 0 spiro atoms. The van der Waals surface area contributed by atoms with Crippen molar-refractivity contribution in [3.63, 3.8) is 0 Å². The standard InChI is InChI=1S/C12H18N6O2/c1-3-8(2)16-11(19)14-4-5-18-10-9(17-12(18)20)6-13-7-15-10/h6-8H,3-5H2,1-2H3,(H,17,20)(H2,14,16,19). The Kier molecular flexibility index (Phi) is 4.34. The van der Waals surface area contributed by atoms with Crippen LogP contribution in [0.4, 0.5) is 4.79 Å². The van der Waals surface area contributed by atoms with Crippen molar-refractivity contribution < 1.29 is 4.79 Å². The Labute approximate surface area is 115 Å². The molecule has 2 aromatic heterocycles. The molecule has 1 atom stereocenters. The fraction of sp³-hybridized carbons (Fsp3) is 0.500. The number of aromatic nitrogens is 4. The first-order valence-corrected chi connectivity index (χ1v) is 6.54. The van der Waals surface area contributed by atoms with E-state index in [4.69, 9.17) is 0 Å². The molecule has 0 saturated heterocycles. The Hall–Kier alpha value is -2.38. The van der Waals surface area contributed by atoms with Gasteiger partial charge in [-0.05, 0) is 13.3 Å². The molecule has 2 rings (SSSR count). The lowest BCUT2D eigenvalue weighted by Gasteiger charge is -2.12. The SMILES string of the molecule is CCC(C)NC(=O)NCCn1c(=O)[nH]c2cncnc21. The summed E-state index contributed by atoms with van der Waals surface area (Å²) in [5.41, 5.74) is 0.861. The predicted molar refractivity (Wildman–Crippen MR) is 74.4 cm³/mol. The van der Waals surface area contributed by atoms with Crippen molar-refractivity contribution >= 4 is 17.2 Å². The van der Waals surface area contributed by atoms with Crippen molar-refractivity contribution in [2.75, 3.05) is 6.54 Å². The van der Waals surface area contributed by atoms with Gasteiger partial charge in [0, 0.05) is 19.1 Å². The third-order valence-corrected chi connectivity index (χ3v) is 3.04. The number of aromatic amines is 1. The van der Waals surface area contributed by atoms with Crippen molar-refractivity contribution in [1.82, 2.24) is 30.2 Å². The highest BCUT2D eigenvalue weighted by atomic mass is 16.2. The fourth-order valence-electron chi connectivity index (χ4n) is 1.77. The number of nitrogens with one attached hydrogen (secondary N) is 3. The first kappa shape index (κ1) is 14.0. The number of carbonyl (C=O) groups is 1. The van der Waals surface area contributed by atoms with Crippen LogP contribution in [0.5, 0.6) is 0 Å². The monoisotopic (exact) mass is 278 g/mol. The second-order valence-electron chi connectivity index (χ2n) is 4.55. The van der Waals surface area contributed by atoms with Gasteiger partial charge < -0.3 is 15.6 Å². The third-order valence-electron chi connectivity index (χ3n) is 3.04. The fourth-order valence-corrected chi connectivity index (χ4v) is 1.77. The molecule has 2 aromatic rings. The summed E-state index contributed by atoms with van der Waals surface area (Å²) in [6.07, 6.45) is 3.80. The highest BCUT2D eigenvalue weighted by Gasteiger charge is 2.08. The van der Waals surface area contributed by atoms with Gasteiger partial charge in [0.1, 0.15) is 11.8 Å². The van der Waals surface area contributed by atoms with Crippen LogP contribution >= 0.6 is 0 Å². The summed E-state index contributed by atoms with van der Waals surface area (Å²) in [5.74, 6) is 0. The number of imidazole rings is 1. The van der Waals surface area contributed by atoms with Crippen molar-refractivity contribution in [2.24, 2.45) is 0 Å². The van der Waals surface area contributed by atoms with Gasteiger partial charge in [-0.15, -0.1) is 0 Å². The van der Waals surface area contributed by atoms with E-state index in [1.54, 1.807) is 6.20 Å². The van der Waals surface area contributed by atoms with Crippen molar-refractivity contribution in [3.05, 3.63) is 23.0 Å². The molecule has 8 heteroatoms. The maximum atomic E-state index is 11.7. The minimum absolute atomic E-state index is 0.124. The average molecular weight is 278 g/mol. The van der Waals surface area contributed by atoms with Crippen LogP contribution in [0.15, 0.2) is 17.3 Å². The molecule has 0 fully saturated rings. The van der Waals surface area contributed by atoms with Crippen LogP contribution in [0.2, 0.25) is 0 Å². The maximum absolute atomic E-state index is 11.7. The molecular formula is C12H18N6O2. The quantitative estimate of drug-likeness (QED) is 0.727. The number of rotatable bonds is 5. The van der Waals surface area contributed by atoms with E-state index in [0.29, 0.717) is 24.3 Å². The highest BCUT2D eigenvalue weighted by Crippen LogP contribution is 2.02. The number of amides is 2. The maximum Gasteiger partial charge on any atom is 0.327 e. The van der Waals surface area contributed by atoms with Gasteiger partial charge in [0.2, 0.25) is 0 Å². The van der Waals surface area contributed by atoms with Gasteiger partial charge in [-0.3, -0.25) is 4.57 Å². The Morgan fingerprint density at radius 2 is 2.35 bits per heavy atom. The lowest BCUT2D eigenvalue weighted by atomic mass is 10.3. The molecule has 0 aliphatic carbocycles. The van der Waals surface area contributed by atoms with E-state index in [0.717, 1.165) is 6.42 Å². The lowest BCUT2D eigenvalue weighted by Crippen LogP contribution is -2.42. The van der Waals surface area contributed by atoms with Crippen molar-refractivity contribution in [2.45, 2.75) is 32.9 Å². The number of fused-ring (bicyclic) bond motifs is 1. The van der Waals surface area contributed by atoms with Crippen molar-refractivity contribution in [3.8, 4) is 0 Å². The molecule has 0 saturated carbocycles. The topological polar surface area (TPSA) is 105 Å². The van der Waals surface area contributed by atoms with Gasteiger partial charge in [0.25, 0.3) is 0 Å². The molecule has 0 aliphatic heterocycles. The highest BCUT2D eigenvalue weighted by molar-refractivity contribution is 5.74. The normalized spacial score (nSPS) is 12.3. The zero-order valence-electron chi connectivity index (χ0n) is 11.5.